The molecule has 3 nitrogen and oxygen atoms in total. The first-order valence-electron chi connectivity index (χ1n) is 6.38. The quantitative estimate of drug-likeness (QED) is 0.813. The molecular formula is C14H22N2O. The minimum atomic E-state index is 0.331. The Bertz CT molecular complexity index is 348. The van der Waals surface area contributed by atoms with E-state index in [1.807, 2.05) is 24.3 Å². The summed E-state index contributed by atoms with van der Waals surface area (Å²) < 4.78 is 5.94. The van der Waals surface area contributed by atoms with Crippen molar-refractivity contribution in [1.82, 2.24) is 4.90 Å². The summed E-state index contributed by atoms with van der Waals surface area (Å²) in [4.78, 5) is 2.48. The lowest BCUT2D eigenvalue weighted by Gasteiger charge is -2.18. The third-order valence-electron chi connectivity index (χ3n) is 3.04. The number of likely N-dealkylation sites (tertiary alicyclic amines) is 1. The highest BCUT2D eigenvalue weighted by molar-refractivity contribution is 5.41. The van der Waals surface area contributed by atoms with E-state index in [9.17, 15) is 0 Å². The first kappa shape index (κ1) is 12.2. The molecule has 1 unspecified atom stereocenters. The van der Waals surface area contributed by atoms with Gasteiger partial charge in [-0.3, -0.25) is 4.90 Å². The molecule has 3 heteroatoms. The number of anilines is 1. The second kappa shape index (κ2) is 5.41. The number of benzene rings is 1. The third-order valence-corrected chi connectivity index (χ3v) is 3.04. The van der Waals surface area contributed by atoms with Gasteiger partial charge in [-0.1, -0.05) is 13.8 Å². The summed E-state index contributed by atoms with van der Waals surface area (Å²) in [5, 5.41) is 0. The molecule has 0 radical (unpaired) electrons. The number of rotatable bonds is 4. The monoisotopic (exact) mass is 234 g/mol. The van der Waals surface area contributed by atoms with Crippen molar-refractivity contribution in [3.05, 3.63) is 24.3 Å². The van der Waals surface area contributed by atoms with Gasteiger partial charge in [0.1, 0.15) is 11.9 Å². The summed E-state index contributed by atoms with van der Waals surface area (Å²) in [6.07, 6.45) is 1.45. The van der Waals surface area contributed by atoms with Gasteiger partial charge in [0.2, 0.25) is 0 Å². The largest absolute Gasteiger partial charge is 0.489 e. The Balaban J connectivity index is 1.83. The highest BCUT2D eigenvalue weighted by Crippen LogP contribution is 2.20. The molecule has 1 aliphatic heterocycles. The van der Waals surface area contributed by atoms with Crippen LogP contribution in [0.4, 0.5) is 5.69 Å². The van der Waals surface area contributed by atoms with Gasteiger partial charge in [0.05, 0.1) is 0 Å². The van der Waals surface area contributed by atoms with E-state index in [-0.39, 0.29) is 0 Å². The fourth-order valence-electron chi connectivity index (χ4n) is 2.31. The fraction of sp³-hybridized carbons (Fsp3) is 0.571. The Kier molecular flexibility index (Phi) is 3.89. The van der Waals surface area contributed by atoms with Crippen LogP contribution in [0.2, 0.25) is 0 Å². The summed E-state index contributed by atoms with van der Waals surface area (Å²) in [5.41, 5.74) is 6.43. The lowest BCUT2D eigenvalue weighted by atomic mass is 10.2. The molecule has 0 aromatic heterocycles. The Morgan fingerprint density at radius 2 is 2.06 bits per heavy atom. The summed E-state index contributed by atoms with van der Waals surface area (Å²) >= 11 is 0. The van der Waals surface area contributed by atoms with Crippen molar-refractivity contribution in [2.24, 2.45) is 5.92 Å². The molecule has 1 atom stereocenters. The molecule has 0 aliphatic carbocycles. The van der Waals surface area contributed by atoms with Crippen LogP contribution in [0.1, 0.15) is 20.3 Å². The summed E-state index contributed by atoms with van der Waals surface area (Å²) in [7, 11) is 0. The average Bonchev–Trinajstić information content (AvgIpc) is 2.68. The maximum absolute atomic E-state index is 5.94. The van der Waals surface area contributed by atoms with Gasteiger partial charge >= 0.3 is 0 Å². The maximum atomic E-state index is 5.94. The van der Waals surface area contributed by atoms with Crippen molar-refractivity contribution >= 4 is 5.69 Å². The number of nitrogens with two attached hydrogens (primary N) is 1. The molecule has 2 rings (SSSR count). The number of hydrogen-bond acceptors (Lipinski definition) is 3. The van der Waals surface area contributed by atoms with Crippen LogP contribution >= 0.6 is 0 Å². The van der Waals surface area contributed by atoms with E-state index in [1.165, 1.54) is 6.54 Å². The van der Waals surface area contributed by atoms with Crippen LogP contribution in [0.5, 0.6) is 5.75 Å². The van der Waals surface area contributed by atoms with Crippen LogP contribution in [-0.4, -0.2) is 30.6 Å². The van der Waals surface area contributed by atoms with Gasteiger partial charge in [0, 0.05) is 25.3 Å². The van der Waals surface area contributed by atoms with Crippen LogP contribution in [0.3, 0.4) is 0 Å². The molecule has 0 amide bonds. The molecule has 17 heavy (non-hydrogen) atoms. The van der Waals surface area contributed by atoms with E-state index < -0.39 is 0 Å². The molecule has 94 valence electrons. The molecule has 2 N–H and O–H groups in total. The Morgan fingerprint density at radius 3 is 2.71 bits per heavy atom. The molecule has 1 aliphatic rings. The Morgan fingerprint density at radius 1 is 1.35 bits per heavy atom. The molecule has 0 bridgehead atoms. The Labute approximate surface area is 104 Å². The van der Waals surface area contributed by atoms with Gasteiger partial charge in [-0.05, 0) is 36.6 Å². The highest BCUT2D eigenvalue weighted by Gasteiger charge is 2.24. The smallest absolute Gasteiger partial charge is 0.119 e. The predicted octanol–water partition coefficient (Wildman–Crippen LogP) is 2.38. The SMILES string of the molecule is CC(C)CN1CCC(Oc2ccc(N)cc2)C1. The van der Waals surface area contributed by atoms with Crippen LogP contribution in [0, 0.1) is 5.92 Å². The van der Waals surface area contributed by atoms with E-state index in [1.54, 1.807) is 0 Å². The van der Waals surface area contributed by atoms with Gasteiger partial charge in [-0.25, -0.2) is 0 Å². The number of hydrogen-bond donors (Lipinski definition) is 1. The van der Waals surface area contributed by atoms with E-state index in [4.69, 9.17) is 10.5 Å². The summed E-state index contributed by atoms with van der Waals surface area (Å²) in [5.74, 6) is 1.65. The van der Waals surface area contributed by atoms with Gasteiger partial charge in [0.15, 0.2) is 0 Å². The zero-order valence-electron chi connectivity index (χ0n) is 10.7. The number of nitrogen functional groups attached to an aromatic ring is 1. The summed E-state index contributed by atoms with van der Waals surface area (Å²) in [6.45, 7) is 7.88. The molecule has 0 saturated carbocycles. The Hall–Kier alpha value is -1.22. The standard InChI is InChI=1S/C14H22N2O/c1-11(2)9-16-8-7-14(10-16)17-13-5-3-12(15)4-6-13/h3-6,11,14H,7-10,15H2,1-2H3. The molecule has 1 aromatic rings. The van der Waals surface area contributed by atoms with Crippen molar-refractivity contribution in [3.63, 3.8) is 0 Å². The highest BCUT2D eigenvalue weighted by atomic mass is 16.5. The first-order chi connectivity index (χ1) is 8.13. The predicted molar refractivity (Wildman–Crippen MR) is 71.2 cm³/mol. The van der Waals surface area contributed by atoms with Crippen LogP contribution in [0.25, 0.3) is 0 Å². The van der Waals surface area contributed by atoms with E-state index in [2.05, 4.69) is 18.7 Å². The first-order valence-corrected chi connectivity index (χ1v) is 6.38. The van der Waals surface area contributed by atoms with Crippen molar-refractivity contribution < 1.29 is 4.74 Å². The second-order valence-corrected chi connectivity index (χ2v) is 5.25. The molecule has 0 spiro atoms. The van der Waals surface area contributed by atoms with Crippen molar-refractivity contribution in [2.45, 2.75) is 26.4 Å². The van der Waals surface area contributed by atoms with Crippen molar-refractivity contribution in [2.75, 3.05) is 25.4 Å². The van der Waals surface area contributed by atoms with E-state index >= 15 is 0 Å². The maximum Gasteiger partial charge on any atom is 0.119 e. The lowest BCUT2D eigenvalue weighted by Crippen LogP contribution is -2.28. The zero-order valence-corrected chi connectivity index (χ0v) is 10.7. The van der Waals surface area contributed by atoms with Crippen LogP contribution in [0.15, 0.2) is 24.3 Å². The molecule has 1 saturated heterocycles. The van der Waals surface area contributed by atoms with Crippen LogP contribution < -0.4 is 10.5 Å². The lowest BCUT2D eigenvalue weighted by molar-refractivity contribution is 0.195. The van der Waals surface area contributed by atoms with Gasteiger partial charge < -0.3 is 10.5 Å². The van der Waals surface area contributed by atoms with Crippen LogP contribution in [-0.2, 0) is 0 Å². The molecule has 1 fully saturated rings. The molecule has 1 heterocycles. The summed E-state index contributed by atoms with van der Waals surface area (Å²) in [6, 6.07) is 7.66. The van der Waals surface area contributed by atoms with Crippen molar-refractivity contribution in [1.29, 1.82) is 0 Å². The molecule has 1 aromatic carbocycles. The minimum absolute atomic E-state index is 0.331. The fourth-order valence-corrected chi connectivity index (χ4v) is 2.31. The molecular weight excluding hydrogens is 212 g/mol. The number of ether oxygens (including phenoxy) is 1. The second-order valence-electron chi connectivity index (χ2n) is 5.25. The van der Waals surface area contributed by atoms with E-state index in [0.717, 1.165) is 36.9 Å². The zero-order chi connectivity index (χ0) is 12.3. The third kappa shape index (κ3) is 3.63. The van der Waals surface area contributed by atoms with Gasteiger partial charge in [-0.2, -0.15) is 0 Å². The normalized spacial score (nSPS) is 21.0. The number of nitrogens with zero attached hydrogens (tertiary/aromatic N) is 1. The van der Waals surface area contributed by atoms with Crippen molar-refractivity contribution in [3.8, 4) is 5.75 Å². The van der Waals surface area contributed by atoms with Gasteiger partial charge in [0.25, 0.3) is 0 Å². The average molecular weight is 234 g/mol. The topological polar surface area (TPSA) is 38.5 Å². The minimum Gasteiger partial charge on any atom is -0.489 e. The van der Waals surface area contributed by atoms with Gasteiger partial charge in [-0.15, -0.1) is 0 Å². The van der Waals surface area contributed by atoms with E-state index in [0.29, 0.717) is 6.10 Å².